The standard InChI is InChI=1S/C28H39NO6/c1-26(20-8-11-27(2)23(31)9-12-28(27,3)24(20)33-4)10-7-19(30)14-18(26)15-29-25(32)17-5-6-21-22(13-17)35-16-34-21/h5-6,13,18-20,24,30H,7-12,14-16H2,1-4H3,(H,29,32). The van der Waals surface area contributed by atoms with E-state index in [4.69, 9.17) is 14.2 Å². The molecular weight excluding hydrogens is 446 g/mol. The molecule has 7 atom stereocenters. The molecule has 1 aliphatic heterocycles. The summed E-state index contributed by atoms with van der Waals surface area (Å²) in [4.78, 5) is 25.9. The fourth-order valence-corrected chi connectivity index (χ4v) is 7.82. The van der Waals surface area contributed by atoms with E-state index >= 15 is 0 Å². The van der Waals surface area contributed by atoms with Crippen molar-refractivity contribution >= 4 is 11.7 Å². The summed E-state index contributed by atoms with van der Waals surface area (Å²) in [5, 5.41) is 13.7. The molecule has 0 aromatic heterocycles. The van der Waals surface area contributed by atoms with Crippen molar-refractivity contribution < 1.29 is 28.9 Å². The van der Waals surface area contributed by atoms with Gasteiger partial charge in [0.2, 0.25) is 6.79 Å². The Morgan fingerprint density at radius 2 is 1.91 bits per heavy atom. The van der Waals surface area contributed by atoms with Gasteiger partial charge < -0.3 is 24.6 Å². The van der Waals surface area contributed by atoms with Crippen molar-refractivity contribution in [2.45, 2.75) is 77.9 Å². The van der Waals surface area contributed by atoms with Crippen LogP contribution in [0.3, 0.4) is 0 Å². The molecule has 1 aromatic carbocycles. The van der Waals surface area contributed by atoms with Crippen molar-refractivity contribution in [2.75, 3.05) is 20.4 Å². The highest BCUT2D eigenvalue weighted by Gasteiger charge is 2.65. The SMILES string of the molecule is COC1C(C2(C)CCC(O)CC2CNC(=O)c2ccc3c(c2)OCO3)CCC2(C)C(=O)CCC12C. The molecule has 0 radical (unpaired) electrons. The van der Waals surface area contributed by atoms with Crippen molar-refractivity contribution in [2.24, 2.45) is 28.1 Å². The van der Waals surface area contributed by atoms with Gasteiger partial charge in [0.15, 0.2) is 11.5 Å². The number of carbonyl (C=O) groups is 2. The predicted molar refractivity (Wildman–Crippen MR) is 130 cm³/mol. The van der Waals surface area contributed by atoms with Crippen molar-refractivity contribution in [3.05, 3.63) is 23.8 Å². The van der Waals surface area contributed by atoms with Crippen molar-refractivity contribution in [3.8, 4) is 11.5 Å². The van der Waals surface area contributed by atoms with Crippen LogP contribution in [0.5, 0.6) is 11.5 Å². The maximum Gasteiger partial charge on any atom is 0.251 e. The summed E-state index contributed by atoms with van der Waals surface area (Å²) in [6.45, 7) is 7.36. The van der Waals surface area contributed by atoms with E-state index in [1.807, 2.05) is 0 Å². The third kappa shape index (κ3) is 3.77. The van der Waals surface area contributed by atoms with E-state index in [-0.39, 0.29) is 53.0 Å². The Labute approximate surface area is 207 Å². The molecule has 2 N–H and O–H groups in total. The first kappa shape index (κ1) is 24.6. The van der Waals surface area contributed by atoms with Crippen LogP contribution < -0.4 is 14.8 Å². The molecule has 1 heterocycles. The molecule has 7 heteroatoms. The second-order valence-corrected chi connectivity index (χ2v) is 11.9. The third-order valence-corrected chi connectivity index (χ3v) is 10.4. The van der Waals surface area contributed by atoms with Crippen molar-refractivity contribution in [3.63, 3.8) is 0 Å². The van der Waals surface area contributed by atoms with Gasteiger partial charge >= 0.3 is 0 Å². The maximum absolute atomic E-state index is 13.0. The molecule has 35 heavy (non-hydrogen) atoms. The van der Waals surface area contributed by atoms with Crippen molar-refractivity contribution in [1.29, 1.82) is 0 Å². The van der Waals surface area contributed by atoms with Crippen molar-refractivity contribution in [1.82, 2.24) is 5.32 Å². The number of hydrogen-bond acceptors (Lipinski definition) is 6. The number of nitrogens with one attached hydrogen (secondary N) is 1. The van der Waals surface area contributed by atoms with Gasteiger partial charge in [-0.05, 0) is 74.0 Å². The van der Waals surface area contributed by atoms with Gasteiger partial charge in [0, 0.05) is 36.5 Å². The van der Waals surface area contributed by atoms with Crippen LogP contribution in [0.1, 0.15) is 76.1 Å². The number of rotatable bonds is 5. The minimum absolute atomic E-state index is 0.0278. The lowest BCUT2D eigenvalue weighted by Gasteiger charge is -2.59. The Bertz CT molecular complexity index is 1010. The average molecular weight is 486 g/mol. The average Bonchev–Trinajstić information content (AvgIpc) is 3.41. The summed E-state index contributed by atoms with van der Waals surface area (Å²) in [7, 11) is 1.79. The van der Waals surface area contributed by atoms with Crippen LogP contribution in [0.4, 0.5) is 0 Å². The lowest BCUT2D eigenvalue weighted by Crippen LogP contribution is -2.59. The molecule has 3 saturated carbocycles. The normalized spacial score (nSPS) is 40.4. The lowest BCUT2D eigenvalue weighted by atomic mass is 9.48. The summed E-state index contributed by atoms with van der Waals surface area (Å²) in [5.41, 5.74) is -0.107. The predicted octanol–water partition coefficient (Wildman–Crippen LogP) is 4.11. The molecule has 0 spiro atoms. The van der Waals surface area contributed by atoms with Gasteiger partial charge in [-0.1, -0.05) is 20.8 Å². The molecule has 5 rings (SSSR count). The van der Waals surface area contributed by atoms with Crippen LogP contribution in [0, 0.1) is 28.1 Å². The molecule has 1 aromatic rings. The van der Waals surface area contributed by atoms with Gasteiger partial charge in [-0.15, -0.1) is 0 Å². The molecule has 0 bridgehead atoms. The van der Waals surface area contributed by atoms with Crippen LogP contribution in [-0.2, 0) is 9.53 Å². The first-order chi connectivity index (χ1) is 16.6. The van der Waals surface area contributed by atoms with E-state index in [2.05, 4.69) is 26.1 Å². The van der Waals surface area contributed by atoms with Gasteiger partial charge in [-0.2, -0.15) is 0 Å². The number of hydrogen-bond donors (Lipinski definition) is 2. The quantitative estimate of drug-likeness (QED) is 0.652. The number of aliphatic hydroxyl groups excluding tert-OH is 1. The number of ether oxygens (including phenoxy) is 3. The first-order valence-electron chi connectivity index (χ1n) is 13.0. The van der Waals surface area contributed by atoms with E-state index in [1.165, 1.54) is 0 Å². The third-order valence-electron chi connectivity index (χ3n) is 10.4. The van der Waals surface area contributed by atoms with Gasteiger partial charge in [0.05, 0.1) is 12.2 Å². The number of aliphatic hydroxyl groups is 1. The second-order valence-electron chi connectivity index (χ2n) is 11.9. The Morgan fingerprint density at radius 3 is 2.69 bits per heavy atom. The Balaban J connectivity index is 1.36. The lowest BCUT2D eigenvalue weighted by molar-refractivity contribution is -0.179. The van der Waals surface area contributed by atoms with E-state index in [0.29, 0.717) is 42.2 Å². The molecule has 3 fully saturated rings. The molecule has 0 saturated heterocycles. The summed E-state index contributed by atoms with van der Waals surface area (Å²) in [6, 6.07) is 5.23. The monoisotopic (exact) mass is 485 g/mol. The second kappa shape index (κ2) is 8.77. The summed E-state index contributed by atoms with van der Waals surface area (Å²) in [5.74, 6) is 1.82. The number of methoxy groups -OCH3 is 1. The summed E-state index contributed by atoms with van der Waals surface area (Å²) in [6.07, 6.45) is 5.18. The topological polar surface area (TPSA) is 94.1 Å². The number of fused-ring (bicyclic) bond motifs is 2. The first-order valence-corrected chi connectivity index (χ1v) is 13.0. The fourth-order valence-electron chi connectivity index (χ4n) is 7.82. The molecule has 7 unspecified atom stereocenters. The van der Waals surface area contributed by atoms with E-state index in [9.17, 15) is 14.7 Å². The Morgan fingerprint density at radius 1 is 1.14 bits per heavy atom. The Kier molecular flexibility index (Phi) is 6.16. The zero-order valence-corrected chi connectivity index (χ0v) is 21.4. The molecule has 3 aliphatic carbocycles. The number of amides is 1. The van der Waals surface area contributed by atoms with Gasteiger partial charge in [-0.3, -0.25) is 9.59 Å². The summed E-state index contributed by atoms with van der Waals surface area (Å²) >= 11 is 0. The minimum Gasteiger partial charge on any atom is -0.454 e. The van der Waals surface area contributed by atoms with Gasteiger partial charge in [0.25, 0.3) is 5.91 Å². The van der Waals surface area contributed by atoms with E-state index in [1.54, 1.807) is 25.3 Å². The minimum atomic E-state index is -0.367. The zero-order chi connectivity index (χ0) is 25.0. The van der Waals surface area contributed by atoms with Crippen LogP contribution in [0.2, 0.25) is 0 Å². The molecular formula is C28H39NO6. The molecule has 1 amide bonds. The summed E-state index contributed by atoms with van der Waals surface area (Å²) < 4.78 is 17.0. The molecule has 7 nitrogen and oxygen atoms in total. The van der Waals surface area contributed by atoms with E-state index in [0.717, 1.165) is 32.1 Å². The maximum atomic E-state index is 13.0. The van der Waals surface area contributed by atoms with Crippen LogP contribution in [0.15, 0.2) is 18.2 Å². The van der Waals surface area contributed by atoms with Gasteiger partial charge in [-0.25, -0.2) is 0 Å². The smallest absolute Gasteiger partial charge is 0.251 e. The van der Waals surface area contributed by atoms with Crippen LogP contribution in [-0.4, -0.2) is 49.5 Å². The molecule has 4 aliphatic rings. The number of Topliss-reactive ketones (excluding diaryl/α,β-unsaturated/α-hetero) is 1. The zero-order valence-electron chi connectivity index (χ0n) is 21.4. The van der Waals surface area contributed by atoms with E-state index < -0.39 is 0 Å². The number of benzene rings is 1. The largest absolute Gasteiger partial charge is 0.454 e. The highest BCUT2D eigenvalue weighted by molar-refractivity contribution is 5.95. The Hall–Kier alpha value is -2.12. The van der Waals surface area contributed by atoms with Gasteiger partial charge in [0.1, 0.15) is 5.78 Å². The highest BCUT2D eigenvalue weighted by atomic mass is 16.7. The highest BCUT2D eigenvalue weighted by Crippen LogP contribution is 2.65. The number of ketones is 1. The molecule has 192 valence electrons. The van der Waals surface area contributed by atoms with Crippen LogP contribution in [0.25, 0.3) is 0 Å². The number of carbonyl (C=O) groups excluding carboxylic acids is 2. The van der Waals surface area contributed by atoms with Crippen LogP contribution >= 0.6 is 0 Å². The fraction of sp³-hybridized carbons (Fsp3) is 0.714.